The molecule has 14 rings (SSSR count). The number of rotatable bonds is 17. The number of thiophene rings is 1. The lowest BCUT2D eigenvalue weighted by Gasteiger charge is -2.20. The Balaban J connectivity index is 0.000000145. The van der Waals surface area contributed by atoms with Crippen LogP contribution in [0.2, 0.25) is 0 Å². The zero-order chi connectivity index (χ0) is 76.3. The van der Waals surface area contributed by atoms with Crippen LogP contribution >= 0.6 is 11.3 Å². The molecule has 21 heteroatoms. The van der Waals surface area contributed by atoms with Crippen LogP contribution in [0.4, 0.5) is 24.0 Å². The summed E-state index contributed by atoms with van der Waals surface area (Å²) in [5.41, 5.74) is 11.1. The lowest BCUT2D eigenvalue weighted by Crippen LogP contribution is -2.40. The van der Waals surface area contributed by atoms with Crippen molar-refractivity contribution in [3.05, 3.63) is 315 Å². The van der Waals surface area contributed by atoms with E-state index in [-0.39, 0.29) is 86.2 Å². The SMILES string of the molecule is C/C=C/C(=O)N1C(=O)OC[C@H]1Cc1ccccc1.Cc1ccc(/C=C/C(=O)N2C(=O)OC[C@H]2Cc2ccccc2)cc1.Cc1ccc(/C=C/C(=O)N2C(=O)O[C@H](c3ccccc3)[C@H]2C)cc1.O=C(/C=C/c1ccsc1)N1C(=O)OC[C@@H]1Cc1ccccc1.O=C1OC[C@@H](Cc2ccccc2)N1C(=O)C1=CCCC1. The molecule has 10 amide bonds. The third-order valence-electron chi connectivity index (χ3n) is 18.2. The predicted molar refractivity (Wildman–Crippen MR) is 411 cm³/mol. The van der Waals surface area contributed by atoms with Gasteiger partial charge in [-0.1, -0.05) is 223 Å². The molecule has 554 valence electrons. The average molecular weight is 1470 g/mol. The molecule has 6 heterocycles. The summed E-state index contributed by atoms with van der Waals surface area (Å²) in [4.78, 5) is 127. The minimum absolute atomic E-state index is 0.175. The first kappa shape index (κ1) is 78.2. The Bertz CT molecular complexity index is 4490. The van der Waals surface area contributed by atoms with Gasteiger partial charge in [-0.25, -0.2) is 48.5 Å². The van der Waals surface area contributed by atoms with Crippen LogP contribution in [0.1, 0.15) is 94.8 Å². The molecule has 6 atom stereocenters. The smallest absolute Gasteiger partial charge is 0.417 e. The number of carbonyl (C=O) groups is 10. The van der Waals surface area contributed by atoms with Gasteiger partial charge in [0.25, 0.3) is 29.5 Å². The Morgan fingerprint density at radius 3 is 1.13 bits per heavy atom. The molecule has 0 bridgehead atoms. The Morgan fingerprint density at radius 2 is 0.769 bits per heavy atom. The van der Waals surface area contributed by atoms with E-state index in [0.717, 1.165) is 80.5 Å². The Kier molecular flexibility index (Phi) is 28.3. The zero-order valence-electron chi connectivity index (χ0n) is 60.5. The fraction of sp³-hybridized carbons (Fsp3) is 0.241. The van der Waals surface area contributed by atoms with E-state index in [0.29, 0.717) is 25.7 Å². The zero-order valence-corrected chi connectivity index (χ0v) is 61.3. The summed E-state index contributed by atoms with van der Waals surface area (Å²) >= 11 is 1.56. The van der Waals surface area contributed by atoms with Gasteiger partial charge in [0.05, 0.1) is 30.2 Å². The van der Waals surface area contributed by atoms with Gasteiger partial charge in [0, 0.05) is 23.8 Å². The van der Waals surface area contributed by atoms with Crippen LogP contribution in [0.15, 0.2) is 259 Å². The highest BCUT2D eigenvalue weighted by molar-refractivity contribution is 7.08. The van der Waals surface area contributed by atoms with Crippen molar-refractivity contribution in [1.82, 2.24) is 24.5 Å². The van der Waals surface area contributed by atoms with Gasteiger partial charge in [-0.05, 0) is 158 Å². The van der Waals surface area contributed by atoms with Crippen molar-refractivity contribution in [2.24, 2.45) is 0 Å². The number of cyclic esters (lactones) is 5. The molecule has 20 nitrogen and oxygen atoms in total. The predicted octanol–water partition coefficient (Wildman–Crippen LogP) is 15.9. The molecule has 0 spiro atoms. The van der Waals surface area contributed by atoms with E-state index in [1.165, 1.54) is 48.8 Å². The Labute approximate surface area is 632 Å². The molecule has 5 fully saturated rings. The van der Waals surface area contributed by atoms with Gasteiger partial charge in [0.1, 0.15) is 32.5 Å². The first-order valence-electron chi connectivity index (χ1n) is 35.7. The molecular formula is C87H85N5O15S. The molecule has 8 aromatic rings. The van der Waals surface area contributed by atoms with Crippen LogP contribution in [-0.4, -0.2) is 141 Å². The van der Waals surface area contributed by atoms with Gasteiger partial charge in [-0.3, -0.25) is 24.0 Å². The van der Waals surface area contributed by atoms with Crippen LogP contribution in [0.5, 0.6) is 0 Å². The van der Waals surface area contributed by atoms with Crippen LogP contribution < -0.4 is 0 Å². The van der Waals surface area contributed by atoms with E-state index in [2.05, 4.69) is 0 Å². The summed E-state index contributed by atoms with van der Waals surface area (Å²) in [5, 5.41) is 3.88. The molecule has 0 N–H and O–H groups in total. The van der Waals surface area contributed by atoms with Crippen molar-refractivity contribution in [1.29, 1.82) is 0 Å². The molecule has 6 aliphatic rings. The second kappa shape index (κ2) is 39.1. The van der Waals surface area contributed by atoms with Gasteiger partial charge in [-0.2, -0.15) is 11.3 Å². The van der Waals surface area contributed by atoms with Gasteiger partial charge in [-0.15, -0.1) is 0 Å². The first-order chi connectivity index (χ1) is 52.4. The van der Waals surface area contributed by atoms with E-state index in [1.807, 2.05) is 244 Å². The fourth-order valence-electron chi connectivity index (χ4n) is 12.6. The number of carbonyl (C=O) groups excluding carboxylic acids is 10. The van der Waals surface area contributed by atoms with E-state index in [9.17, 15) is 47.9 Å². The molecule has 108 heavy (non-hydrogen) atoms. The Hall–Kier alpha value is -12.4. The lowest BCUT2D eigenvalue weighted by molar-refractivity contribution is -0.126. The monoisotopic (exact) mass is 1470 g/mol. The van der Waals surface area contributed by atoms with E-state index >= 15 is 0 Å². The molecule has 5 saturated heterocycles. The summed E-state index contributed by atoms with van der Waals surface area (Å²) in [6, 6.07) is 64.9. The van der Waals surface area contributed by atoms with Crippen molar-refractivity contribution >= 4 is 89.6 Å². The summed E-state index contributed by atoms with van der Waals surface area (Å²) in [6.45, 7) is 8.59. The number of benzene rings is 7. The standard InChI is InChI=1S/2C20H19NO3.C17H15NO3S.C16H17NO3.C14H15NO3/c1-14-8-10-16(11-9-14)12-13-18(22)21-15(2)19(24-20(21)23)17-6-4-3-5-7-17;1-15-7-9-16(10-8-15)11-12-19(22)21-18(14-24-20(21)23)13-17-5-3-2-4-6-17;19-16(7-6-14-8-9-22-12-14)18-15(11-21-17(18)20)10-13-4-2-1-3-5-13;18-15(13-8-4-5-9-13)17-14(11-20-16(17)19)10-12-6-2-1-3-7-12;1-2-6-13(16)15-12(10-18-14(15)17)9-11-7-4-3-5-8-11/h3-13,15,19H,1-2H3;2-12,18H,13-14H2,1H3;1-9,12,15H,10-11H2;1-3,6-8,14H,4-5,9-11H2;2-8,12H,9-10H2,1H3/b13-12+;12-11+;7-6+;;6-2+/t15-,19+;18-;15-;14-;12-/m11011/s1. The number of ether oxygens (including phenoxy) is 5. The Morgan fingerprint density at radius 1 is 0.417 bits per heavy atom. The maximum atomic E-state index is 12.4. The average Bonchev–Trinajstić information content (AvgIpc) is 1.68. The largest absolute Gasteiger partial charge is 0.447 e. The molecule has 1 aromatic heterocycles. The van der Waals surface area contributed by atoms with Gasteiger partial charge in [0.2, 0.25) is 0 Å². The normalized spacial score (nSPS) is 19.3. The van der Waals surface area contributed by atoms with Crippen LogP contribution in [0.25, 0.3) is 18.2 Å². The molecular weight excluding hydrogens is 1390 g/mol. The quantitative estimate of drug-likeness (QED) is 0.0609. The number of hydrogen-bond donors (Lipinski definition) is 0. The highest BCUT2D eigenvalue weighted by atomic mass is 32.1. The van der Waals surface area contributed by atoms with Gasteiger partial charge in [0.15, 0.2) is 0 Å². The summed E-state index contributed by atoms with van der Waals surface area (Å²) < 4.78 is 25.5. The van der Waals surface area contributed by atoms with Gasteiger partial charge < -0.3 is 23.7 Å². The summed E-state index contributed by atoms with van der Waals surface area (Å²) in [5.74, 6) is -1.55. The number of imide groups is 5. The fourth-order valence-corrected chi connectivity index (χ4v) is 13.2. The third kappa shape index (κ3) is 21.9. The molecule has 0 radical (unpaired) electrons. The van der Waals surface area contributed by atoms with Crippen molar-refractivity contribution in [3.8, 4) is 0 Å². The molecule has 0 unspecified atom stereocenters. The van der Waals surface area contributed by atoms with E-state index < -0.39 is 36.6 Å². The number of hydrogen-bond acceptors (Lipinski definition) is 16. The van der Waals surface area contributed by atoms with Gasteiger partial charge >= 0.3 is 30.5 Å². The van der Waals surface area contributed by atoms with Crippen LogP contribution in [0.3, 0.4) is 0 Å². The van der Waals surface area contributed by atoms with Crippen molar-refractivity contribution in [2.75, 3.05) is 26.4 Å². The number of nitrogens with zero attached hydrogens (tertiary/aromatic N) is 5. The van der Waals surface area contributed by atoms with Crippen molar-refractivity contribution < 1.29 is 71.6 Å². The van der Waals surface area contributed by atoms with E-state index in [1.54, 1.807) is 42.6 Å². The highest BCUT2D eigenvalue weighted by Crippen LogP contribution is 2.33. The van der Waals surface area contributed by atoms with Crippen molar-refractivity contribution in [2.45, 2.75) is 109 Å². The topological polar surface area (TPSA) is 233 Å². The molecule has 1 aliphatic carbocycles. The second-order valence-electron chi connectivity index (χ2n) is 26.1. The van der Waals surface area contributed by atoms with E-state index in [4.69, 9.17) is 23.7 Å². The van der Waals surface area contributed by atoms with Crippen LogP contribution in [-0.2, 0) is 73.3 Å². The maximum Gasteiger partial charge on any atom is 0.417 e. The highest BCUT2D eigenvalue weighted by Gasteiger charge is 2.44. The third-order valence-corrected chi connectivity index (χ3v) is 18.9. The van der Waals surface area contributed by atoms with Crippen LogP contribution in [0, 0.1) is 13.8 Å². The number of amides is 10. The molecule has 7 aromatic carbocycles. The van der Waals surface area contributed by atoms with Crippen molar-refractivity contribution in [3.63, 3.8) is 0 Å². The second-order valence-corrected chi connectivity index (χ2v) is 26.9. The molecule has 5 aliphatic heterocycles. The summed E-state index contributed by atoms with van der Waals surface area (Å²) in [7, 11) is 0. The number of aryl methyl sites for hydroxylation is 2. The minimum atomic E-state index is -0.602. The summed E-state index contributed by atoms with van der Waals surface area (Å²) in [6.07, 6.45) is 16.2. The lowest BCUT2D eigenvalue weighted by atomic mass is 10.0. The minimum Gasteiger partial charge on any atom is -0.447 e. The maximum absolute atomic E-state index is 12.4. The number of allylic oxidation sites excluding steroid dienone is 2. The first-order valence-corrected chi connectivity index (χ1v) is 36.6. The molecule has 0 saturated carbocycles.